The molecule has 1 fully saturated rings. The van der Waals surface area contributed by atoms with Crippen LogP contribution in [0.1, 0.15) is 19.8 Å². The first-order valence-corrected chi connectivity index (χ1v) is 7.53. The zero-order valence-corrected chi connectivity index (χ0v) is 10.5. The summed E-state index contributed by atoms with van der Waals surface area (Å²) in [5, 5.41) is 0. The fourth-order valence-corrected chi connectivity index (χ4v) is 3.59. The molecule has 0 amide bonds. The molecule has 5 nitrogen and oxygen atoms in total. The Bertz CT molecular complexity index is 285. The summed E-state index contributed by atoms with van der Waals surface area (Å²) in [5.41, 5.74) is 5.45. The largest absolute Gasteiger partial charge is 0.377 e. The van der Waals surface area contributed by atoms with Crippen LogP contribution in [0.15, 0.2) is 0 Å². The summed E-state index contributed by atoms with van der Waals surface area (Å²) in [6, 6.07) is 0. The summed E-state index contributed by atoms with van der Waals surface area (Å²) in [4.78, 5) is 0. The van der Waals surface area contributed by atoms with Crippen LogP contribution in [0.25, 0.3) is 0 Å². The molecule has 16 heavy (non-hydrogen) atoms. The van der Waals surface area contributed by atoms with Crippen LogP contribution in [0.2, 0.25) is 0 Å². The van der Waals surface area contributed by atoms with Gasteiger partial charge in [0, 0.05) is 19.8 Å². The summed E-state index contributed by atoms with van der Waals surface area (Å²) in [5.74, 6) is 0.0910. The molecule has 0 aliphatic carbocycles. The Balaban J connectivity index is 2.42. The second-order valence-corrected chi connectivity index (χ2v) is 6.18. The molecular weight excluding hydrogens is 230 g/mol. The predicted octanol–water partition coefficient (Wildman–Crippen LogP) is -0.0560. The Kier molecular flexibility index (Phi) is 5.68. The van der Waals surface area contributed by atoms with Crippen molar-refractivity contribution in [3.05, 3.63) is 0 Å². The van der Waals surface area contributed by atoms with E-state index in [1.165, 1.54) is 0 Å². The third kappa shape index (κ3) is 4.78. The highest BCUT2D eigenvalue weighted by molar-refractivity contribution is 7.91. The summed E-state index contributed by atoms with van der Waals surface area (Å²) < 4.78 is 34.2. The Morgan fingerprint density at radius 3 is 2.81 bits per heavy atom. The topological polar surface area (TPSA) is 78.6 Å². The van der Waals surface area contributed by atoms with E-state index in [1.807, 2.05) is 6.92 Å². The number of hydrogen-bond donors (Lipinski definition) is 1. The number of rotatable bonds is 7. The van der Waals surface area contributed by atoms with E-state index in [-0.39, 0.29) is 24.2 Å². The van der Waals surface area contributed by atoms with Gasteiger partial charge < -0.3 is 15.2 Å². The monoisotopic (exact) mass is 251 g/mol. The Morgan fingerprint density at radius 1 is 1.56 bits per heavy atom. The van der Waals surface area contributed by atoms with Crippen molar-refractivity contribution >= 4 is 9.84 Å². The van der Waals surface area contributed by atoms with Crippen LogP contribution in [-0.2, 0) is 19.3 Å². The van der Waals surface area contributed by atoms with Crippen LogP contribution in [0.3, 0.4) is 0 Å². The first kappa shape index (κ1) is 13.9. The third-order valence-electron chi connectivity index (χ3n) is 2.57. The van der Waals surface area contributed by atoms with E-state index >= 15 is 0 Å². The Labute approximate surface area is 97.2 Å². The van der Waals surface area contributed by atoms with Crippen molar-refractivity contribution in [1.82, 2.24) is 0 Å². The molecule has 2 unspecified atom stereocenters. The summed E-state index contributed by atoms with van der Waals surface area (Å²) in [6.07, 6.45) is 1.26. The molecule has 6 heteroatoms. The van der Waals surface area contributed by atoms with Gasteiger partial charge in [-0.2, -0.15) is 0 Å². The van der Waals surface area contributed by atoms with Crippen molar-refractivity contribution in [2.75, 3.05) is 31.3 Å². The Morgan fingerprint density at radius 2 is 2.31 bits per heavy atom. The van der Waals surface area contributed by atoms with Gasteiger partial charge in [0.05, 0.1) is 23.7 Å². The molecule has 0 radical (unpaired) electrons. The molecule has 1 rings (SSSR count). The van der Waals surface area contributed by atoms with Gasteiger partial charge >= 0.3 is 0 Å². The van der Waals surface area contributed by atoms with E-state index in [0.29, 0.717) is 13.2 Å². The average molecular weight is 251 g/mol. The van der Waals surface area contributed by atoms with Gasteiger partial charge in [-0.1, -0.05) is 0 Å². The van der Waals surface area contributed by atoms with Gasteiger partial charge in [0.25, 0.3) is 0 Å². The molecule has 1 heterocycles. The van der Waals surface area contributed by atoms with Crippen LogP contribution in [0.5, 0.6) is 0 Å². The van der Waals surface area contributed by atoms with Crippen LogP contribution >= 0.6 is 0 Å². The second-order valence-electron chi connectivity index (χ2n) is 4.02. The smallest absolute Gasteiger partial charge is 0.155 e. The van der Waals surface area contributed by atoms with E-state index in [0.717, 1.165) is 12.8 Å². The van der Waals surface area contributed by atoms with Gasteiger partial charge in [0.1, 0.15) is 0 Å². The number of ether oxygens (including phenoxy) is 2. The highest BCUT2D eigenvalue weighted by Gasteiger charge is 2.25. The molecule has 1 saturated heterocycles. The molecule has 96 valence electrons. The van der Waals surface area contributed by atoms with Crippen LogP contribution in [0.4, 0.5) is 0 Å². The zero-order valence-electron chi connectivity index (χ0n) is 9.72. The molecule has 1 aliphatic rings. The van der Waals surface area contributed by atoms with Crippen molar-refractivity contribution in [3.8, 4) is 0 Å². The van der Waals surface area contributed by atoms with Gasteiger partial charge in [-0.3, -0.25) is 0 Å². The van der Waals surface area contributed by atoms with Gasteiger partial charge in [-0.15, -0.1) is 0 Å². The van der Waals surface area contributed by atoms with Crippen LogP contribution < -0.4 is 5.73 Å². The fourth-order valence-electron chi connectivity index (χ4n) is 1.83. The normalized spacial score (nSPS) is 23.5. The quantitative estimate of drug-likeness (QED) is 0.686. The molecule has 0 bridgehead atoms. The standard InChI is InChI=1S/C10H21NO4S/c1-2-14-10(6-11)8-16(12,13)7-9-4-3-5-15-9/h9-10H,2-8,11H2,1H3. The minimum absolute atomic E-state index is 0.00278. The molecule has 0 spiro atoms. The maximum atomic E-state index is 11.8. The van der Waals surface area contributed by atoms with E-state index < -0.39 is 15.9 Å². The van der Waals surface area contributed by atoms with E-state index in [9.17, 15) is 8.42 Å². The van der Waals surface area contributed by atoms with Crippen molar-refractivity contribution in [2.45, 2.75) is 32.0 Å². The van der Waals surface area contributed by atoms with E-state index in [4.69, 9.17) is 15.2 Å². The average Bonchev–Trinajstić information content (AvgIpc) is 2.68. The van der Waals surface area contributed by atoms with Crippen molar-refractivity contribution in [3.63, 3.8) is 0 Å². The highest BCUT2D eigenvalue weighted by Crippen LogP contribution is 2.14. The van der Waals surface area contributed by atoms with Crippen LogP contribution in [-0.4, -0.2) is 51.9 Å². The van der Waals surface area contributed by atoms with Gasteiger partial charge in [0.15, 0.2) is 9.84 Å². The number of nitrogens with two attached hydrogens (primary N) is 1. The molecule has 2 N–H and O–H groups in total. The molecule has 0 aromatic heterocycles. The molecule has 0 saturated carbocycles. The van der Waals surface area contributed by atoms with E-state index in [2.05, 4.69) is 0 Å². The first-order valence-electron chi connectivity index (χ1n) is 5.71. The zero-order chi connectivity index (χ0) is 12.0. The maximum Gasteiger partial charge on any atom is 0.155 e. The second kappa shape index (κ2) is 6.54. The van der Waals surface area contributed by atoms with E-state index in [1.54, 1.807) is 0 Å². The minimum Gasteiger partial charge on any atom is -0.377 e. The predicted molar refractivity (Wildman–Crippen MR) is 62.1 cm³/mol. The lowest BCUT2D eigenvalue weighted by Crippen LogP contribution is -2.34. The lowest BCUT2D eigenvalue weighted by Gasteiger charge is -2.16. The molecular formula is C10H21NO4S. The van der Waals surface area contributed by atoms with Gasteiger partial charge in [0.2, 0.25) is 0 Å². The van der Waals surface area contributed by atoms with Gasteiger partial charge in [-0.25, -0.2) is 8.42 Å². The number of hydrogen-bond acceptors (Lipinski definition) is 5. The SMILES string of the molecule is CCOC(CN)CS(=O)(=O)CC1CCCO1. The van der Waals surface area contributed by atoms with Crippen LogP contribution in [0, 0.1) is 0 Å². The summed E-state index contributed by atoms with van der Waals surface area (Å²) in [7, 11) is -3.13. The molecule has 1 aliphatic heterocycles. The van der Waals surface area contributed by atoms with Crippen molar-refractivity contribution in [1.29, 1.82) is 0 Å². The third-order valence-corrected chi connectivity index (χ3v) is 4.33. The Hall–Kier alpha value is -0.170. The minimum atomic E-state index is -3.13. The molecule has 0 aromatic rings. The summed E-state index contributed by atoms with van der Waals surface area (Å²) >= 11 is 0. The van der Waals surface area contributed by atoms with Crippen molar-refractivity contribution < 1.29 is 17.9 Å². The number of sulfone groups is 1. The lowest BCUT2D eigenvalue weighted by atomic mass is 10.3. The fraction of sp³-hybridized carbons (Fsp3) is 1.00. The lowest BCUT2D eigenvalue weighted by molar-refractivity contribution is 0.0841. The summed E-state index contributed by atoms with van der Waals surface area (Å²) in [6.45, 7) is 3.22. The first-order chi connectivity index (χ1) is 7.57. The highest BCUT2D eigenvalue weighted by atomic mass is 32.2. The maximum absolute atomic E-state index is 11.8. The molecule has 2 atom stereocenters. The molecule has 0 aromatic carbocycles. The van der Waals surface area contributed by atoms with Gasteiger partial charge in [-0.05, 0) is 19.8 Å². The van der Waals surface area contributed by atoms with Crippen molar-refractivity contribution in [2.24, 2.45) is 5.73 Å².